The van der Waals surface area contributed by atoms with Crippen LogP contribution in [-0.2, 0) is 14.8 Å². The number of hydrogen-bond acceptors (Lipinski definition) is 4. The molecule has 0 fully saturated rings. The minimum atomic E-state index is -3.93. The summed E-state index contributed by atoms with van der Waals surface area (Å²) in [7, 11) is -2.57. The van der Waals surface area contributed by atoms with Gasteiger partial charge in [0.1, 0.15) is 16.7 Å². The third-order valence-corrected chi connectivity index (χ3v) is 4.04. The average Bonchev–Trinajstić information content (AvgIpc) is 2.38. The van der Waals surface area contributed by atoms with Gasteiger partial charge in [-0.05, 0) is 18.6 Å². The van der Waals surface area contributed by atoms with E-state index >= 15 is 0 Å². The van der Waals surface area contributed by atoms with Crippen LogP contribution in [0.2, 0.25) is 0 Å². The zero-order chi connectivity index (χ0) is 14.5. The van der Waals surface area contributed by atoms with Crippen molar-refractivity contribution < 1.29 is 23.1 Å². The van der Waals surface area contributed by atoms with Gasteiger partial charge < -0.3 is 9.84 Å². The highest BCUT2D eigenvalue weighted by Gasteiger charge is 2.26. The summed E-state index contributed by atoms with van der Waals surface area (Å²) in [6, 6.07) is 4.92. The number of benzene rings is 1. The normalized spacial score (nSPS) is 12.9. The van der Waals surface area contributed by atoms with Gasteiger partial charge in [0.2, 0.25) is 10.0 Å². The maximum Gasteiger partial charge on any atom is 0.321 e. The molecule has 7 heteroatoms. The highest BCUT2D eigenvalue weighted by atomic mass is 32.2. The van der Waals surface area contributed by atoms with Crippen molar-refractivity contribution in [3.8, 4) is 5.75 Å². The van der Waals surface area contributed by atoms with E-state index in [1.165, 1.54) is 19.2 Å². The van der Waals surface area contributed by atoms with Crippen LogP contribution in [0.5, 0.6) is 5.75 Å². The van der Waals surface area contributed by atoms with E-state index in [4.69, 9.17) is 9.84 Å². The summed E-state index contributed by atoms with van der Waals surface area (Å²) in [5.41, 5.74) is 0. The standard InChI is InChI=1S/C12H17NO5S/c1-3-6-9(12(14)15)13-19(16,17)11-8-5-4-7-10(11)18-2/h4-5,7-9,13H,3,6H2,1-2H3,(H,14,15)/t9-/m0/s1. The summed E-state index contributed by atoms with van der Waals surface area (Å²) in [4.78, 5) is 10.9. The lowest BCUT2D eigenvalue weighted by atomic mass is 10.2. The number of ether oxygens (including phenoxy) is 1. The van der Waals surface area contributed by atoms with Crippen molar-refractivity contribution in [3.05, 3.63) is 24.3 Å². The number of hydrogen-bond donors (Lipinski definition) is 2. The highest BCUT2D eigenvalue weighted by molar-refractivity contribution is 7.89. The molecule has 0 aliphatic heterocycles. The minimum Gasteiger partial charge on any atom is -0.495 e. The fourth-order valence-electron chi connectivity index (χ4n) is 1.61. The van der Waals surface area contributed by atoms with Gasteiger partial charge >= 0.3 is 5.97 Å². The van der Waals surface area contributed by atoms with Gasteiger partial charge in [-0.1, -0.05) is 25.5 Å². The molecule has 0 saturated heterocycles. The van der Waals surface area contributed by atoms with Crippen molar-refractivity contribution >= 4 is 16.0 Å². The van der Waals surface area contributed by atoms with E-state index in [2.05, 4.69) is 4.72 Å². The molecule has 1 rings (SSSR count). The van der Waals surface area contributed by atoms with Crippen LogP contribution in [0, 0.1) is 0 Å². The van der Waals surface area contributed by atoms with Crippen LogP contribution >= 0.6 is 0 Å². The van der Waals surface area contributed by atoms with Crippen molar-refractivity contribution in [2.24, 2.45) is 0 Å². The third kappa shape index (κ3) is 3.93. The number of carboxylic acid groups (broad SMARTS) is 1. The van der Waals surface area contributed by atoms with E-state index in [0.717, 1.165) is 0 Å². The molecule has 1 aromatic carbocycles. The molecule has 0 amide bonds. The molecule has 19 heavy (non-hydrogen) atoms. The largest absolute Gasteiger partial charge is 0.495 e. The second kappa shape index (κ2) is 6.53. The Labute approximate surface area is 112 Å². The van der Waals surface area contributed by atoms with E-state index in [9.17, 15) is 13.2 Å². The minimum absolute atomic E-state index is 0.0696. The first-order valence-corrected chi connectivity index (χ1v) is 7.28. The molecule has 0 unspecified atom stereocenters. The first-order valence-electron chi connectivity index (χ1n) is 5.80. The summed E-state index contributed by atoms with van der Waals surface area (Å²) < 4.78 is 31.4. The summed E-state index contributed by atoms with van der Waals surface area (Å²) in [5, 5.41) is 8.98. The number of para-hydroxylation sites is 1. The highest BCUT2D eigenvalue weighted by Crippen LogP contribution is 2.23. The van der Waals surface area contributed by atoms with Crippen LogP contribution in [0.4, 0.5) is 0 Å². The first-order chi connectivity index (χ1) is 8.92. The van der Waals surface area contributed by atoms with E-state index < -0.39 is 22.0 Å². The molecular weight excluding hydrogens is 270 g/mol. The van der Waals surface area contributed by atoms with Gasteiger partial charge in [-0.2, -0.15) is 4.72 Å². The van der Waals surface area contributed by atoms with Crippen molar-refractivity contribution in [1.82, 2.24) is 4.72 Å². The molecule has 106 valence electrons. The molecule has 0 spiro atoms. The number of rotatable bonds is 7. The first kappa shape index (κ1) is 15.5. The fraction of sp³-hybridized carbons (Fsp3) is 0.417. The molecule has 0 aromatic heterocycles. The number of methoxy groups -OCH3 is 1. The van der Waals surface area contributed by atoms with Gasteiger partial charge in [-0.25, -0.2) is 8.42 Å². The Morgan fingerprint density at radius 1 is 1.42 bits per heavy atom. The van der Waals surface area contributed by atoms with Crippen LogP contribution in [0.1, 0.15) is 19.8 Å². The van der Waals surface area contributed by atoms with E-state index in [1.807, 2.05) is 0 Å². The maximum absolute atomic E-state index is 12.1. The van der Waals surface area contributed by atoms with Crippen molar-refractivity contribution in [2.45, 2.75) is 30.7 Å². The maximum atomic E-state index is 12.1. The van der Waals surface area contributed by atoms with Gasteiger partial charge in [0.05, 0.1) is 7.11 Å². The van der Waals surface area contributed by atoms with Gasteiger partial charge in [-0.15, -0.1) is 0 Å². The van der Waals surface area contributed by atoms with Crippen LogP contribution in [-0.4, -0.2) is 32.6 Å². The Hall–Kier alpha value is -1.60. The number of aliphatic carboxylic acids is 1. The van der Waals surface area contributed by atoms with Gasteiger partial charge in [0.15, 0.2) is 0 Å². The topological polar surface area (TPSA) is 92.7 Å². The number of nitrogens with one attached hydrogen (secondary N) is 1. The van der Waals surface area contributed by atoms with Crippen LogP contribution in [0.25, 0.3) is 0 Å². The molecule has 6 nitrogen and oxygen atoms in total. The van der Waals surface area contributed by atoms with E-state index in [-0.39, 0.29) is 17.1 Å². The molecule has 0 aliphatic carbocycles. The predicted octanol–water partition coefficient (Wildman–Crippen LogP) is 1.23. The molecule has 2 N–H and O–H groups in total. The molecule has 0 bridgehead atoms. The molecule has 0 aliphatic rings. The van der Waals surface area contributed by atoms with Crippen molar-refractivity contribution in [1.29, 1.82) is 0 Å². The summed E-state index contributed by atoms with van der Waals surface area (Å²) in [6.07, 6.45) is 0.787. The summed E-state index contributed by atoms with van der Waals surface area (Å²) >= 11 is 0. The Morgan fingerprint density at radius 3 is 2.58 bits per heavy atom. The van der Waals surface area contributed by atoms with E-state index in [1.54, 1.807) is 19.1 Å². The van der Waals surface area contributed by atoms with Crippen LogP contribution < -0.4 is 9.46 Å². The van der Waals surface area contributed by atoms with Crippen LogP contribution in [0.15, 0.2) is 29.2 Å². The number of carbonyl (C=O) groups is 1. The average molecular weight is 287 g/mol. The summed E-state index contributed by atoms with van der Waals surface area (Å²) in [6.45, 7) is 1.79. The fourth-order valence-corrected chi connectivity index (χ4v) is 3.01. The van der Waals surface area contributed by atoms with Crippen molar-refractivity contribution in [2.75, 3.05) is 7.11 Å². The quantitative estimate of drug-likeness (QED) is 0.786. The Kier molecular flexibility index (Phi) is 5.31. The number of carboxylic acids is 1. The molecule has 1 atom stereocenters. The lowest BCUT2D eigenvalue weighted by Crippen LogP contribution is -2.40. The number of sulfonamides is 1. The van der Waals surface area contributed by atoms with Crippen LogP contribution in [0.3, 0.4) is 0 Å². The smallest absolute Gasteiger partial charge is 0.321 e. The van der Waals surface area contributed by atoms with Gasteiger partial charge in [0, 0.05) is 0 Å². The monoisotopic (exact) mass is 287 g/mol. The SMILES string of the molecule is CCC[C@H](NS(=O)(=O)c1ccccc1OC)C(=O)O. The molecule has 1 aromatic rings. The molecule has 0 heterocycles. The Bertz CT molecular complexity index is 541. The zero-order valence-electron chi connectivity index (χ0n) is 10.8. The zero-order valence-corrected chi connectivity index (χ0v) is 11.6. The molecule has 0 saturated carbocycles. The second-order valence-electron chi connectivity index (χ2n) is 3.95. The molecule has 0 radical (unpaired) electrons. The Morgan fingerprint density at radius 2 is 2.05 bits per heavy atom. The van der Waals surface area contributed by atoms with Crippen molar-refractivity contribution in [3.63, 3.8) is 0 Å². The third-order valence-electron chi connectivity index (χ3n) is 2.53. The molecular formula is C12H17NO5S. The van der Waals surface area contributed by atoms with Gasteiger partial charge in [0.25, 0.3) is 0 Å². The lowest BCUT2D eigenvalue weighted by molar-refractivity contribution is -0.139. The second-order valence-corrected chi connectivity index (χ2v) is 5.63. The Balaban J connectivity index is 3.06. The van der Waals surface area contributed by atoms with E-state index in [0.29, 0.717) is 6.42 Å². The summed E-state index contributed by atoms with van der Waals surface area (Å²) in [5.74, 6) is -1.02. The predicted molar refractivity (Wildman–Crippen MR) is 69.6 cm³/mol. The lowest BCUT2D eigenvalue weighted by Gasteiger charge is -2.15. The van der Waals surface area contributed by atoms with Gasteiger partial charge in [-0.3, -0.25) is 4.79 Å².